The van der Waals surface area contributed by atoms with Gasteiger partial charge < -0.3 is 39.4 Å². The van der Waals surface area contributed by atoms with E-state index in [4.69, 9.17) is 23.7 Å². The highest BCUT2D eigenvalue weighted by atomic mass is 32.2. The molecule has 50 heavy (non-hydrogen) atoms. The third-order valence-electron chi connectivity index (χ3n) is 9.81. The second kappa shape index (κ2) is 15.9. The summed E-state index contributed by atoms with van der Waals surface area (Å²) in [7, 11) is -4.16. The molecule has 3 aliphatic heterocycles. The fraction of sp³-hybridized carbons (Fsp3) is 0.611. The Labute approximate surface area is 294 Å². The van der Waals surface area contributed by atoms with Crippen LogP contribution in [0.25, 0.3) is 0 Å². The van der Waals surface area contributed by atoms with Crippen LogP contribution in [-0.2, 0) is 35.4 Å². The molecule has 3 N–H and O–H groups in total. The van der Waals surface area contributed by atoms with Crippen molar-refractivity contribution >= 4 is 22.0 Å². The van der Waals surface area contributed by atoms with Crippen molar-refractivity contribution in [3.8, 4) is 11.5 Å². The van der Waals surface area contributed by atoms with Gasteiger partial charge in [-0.2, -0.15) is 4.31 Å². The Hall–Kier alpha value is -3.43. The number of rotatable bonds is 17. The highest BCUT2D eigenvalue weighted by Crippen LogP contribution is 2.36. The maximum Gasteiger partial charge on any atom is 0.407 e. The van der Waals surface area contributed by atoms with Gasteiger partial charge in [0.2, 0.25) is 22.7 Å². The van der Waals surface area contributed by atoms with Crippen molar-refractivity contribution < 1.29 is 46.8 Å². The van der Waals surface area contributed by atoms with Crippen molar-refractivity contribution in [1.82, 2.24) is 14.9 Å². The molecule has 0 unspecified atom stereocenters. The zero-order valence-corrected chi connectivity index (χ0v) is 29.6. The number of carbonyl (C=O) groups is 2. The van der Waals surface area contributed by atoms with Crippen LogP contribution < -0.4 is 20.1 Å². The molecular formula is C36H49N3O10S. The lowest BCUT2D eigenvalue weighted by atomic mass is 9.87. The molecule has 13 nitrogen and oxygen atoms in total. The Morgan fingerprint density at radius 3 is 2.60 bits per heavy atom. The predicted octanol–water partition coefficient (Wildman–Crippen LogP) is 3.59. The van der Waals surface area contributed by atoms with Gasteiger partial charge in [-0.1, -0.05) is 50.6 Å². The molecule has 0 spiro atoms. The average Bonchev–Trinajstić information content (AvgIpc) is 3.46. The monoisotopic (exact) mass is 715 g/mol. The van der Waals surface area contributed by atoms with Crippen molar-refractivity contribution in [1.29, 1.82) is 0 Å². The first kappa shape index (κ1) is 36.4. The summed E-state index contributed by atoms with van der Waals surface area (Å²) in [5.41, 5.74) is 0.359. The summed E-state index contributed by atoms with van der Waals surface area (Å²) in [6, 6.07) is 13.0. The van der Waals surface area contributed by atoms with Crippen LogP contribution in [0.5, 0.6) is 11.5 Å². The molecule has 5 atom stereocenters. The van der Waals surface area contributed by atoms with Gasteiger partial charge in [-0.05, 0) is 61.6 Å². The molecule has 3 fully saturated rings. The molecule has 0 aromatic heterocycles. The molecular weight excluding hydrogens is 666 g/mol. The van der Waals surface area contributed by atoms with Crippen LogP contribution in [0.15, 0.2) is 53.4 Å². The molecule has 0 bridgehead atoms. The van der Waals surface area contributed by atoms with E-state index in [1.54, 1.807) is 6.07 Å². The number of fused-ring (bicyclic) bond motifs is 2. The molecule has 3 heterocycles. The first-order valence-corrected chi connectivity index (χ1v) is 19.0. The lowest BCUT2D eigenvalue weighted by Crippen LogP contribution is -2.52. The van der Waals surface area contributed by atoms with E-state index in [1.807, 2.05) is 44.2 Å². The van der Waals surface area contributed by atoms with Gasteiger partial charge in [-0.15, -0.1) is 0 Å². The first-order chi connectivity index (χ1) is 24.0. The maximum absolute atomic E-state index is 14.3. The predicted molar refractivity (Wildman–Crippen MR) is 182 cm³/mol. The van der Waals surface area contributed by atoms with Crippen molar-refractivity contribution in [3.63, 3.8) is 0 Å². The van der Waals surface area contributed by atoms with Crippen LogP contribution in [0.1, 0.15) is 57.9 Å². The van der Waals surface area contributed by atoms with Gasteiger partial charge in [-0.25, -0.2) is 13.2 Å². The Morgan fingerprint density at radius 1 is 1.04 bits per heavy atom. The van der Waals surface area contributed by atoms with E-state index in [9.17, 15) is 23.1 Å². The summed E-state index contributed by atoms with van der Waals surface area (Å²) in [5, 5.41) is 17.6. The van der Waals surface area contributed by atoms with Crippen molar-refractivity contribution in [3.05, 3.63) is 54.1 Å². The van der Waals surface area contributed by atoms with Crippen LogP contribution in [-0.4, -0.2) is 94.0 Å². The van der Waals surface area contributed by atoms with Crippen molar-refractivity contribution in [2.45, 2.75) is 88.2 Å². The third-order valence-corrected chi connectivity index (χ3v) is 11.6. The van der Waals surface area contributed by atoms with Gasteiger partial charge in [0.15, 0.2) is 17.8 Å². The van der Waals surface area contributed by atoms with E-state index in [2.05, 4.69) is 10.6 Å². The SMILES string of the molecule is CC(C)(CCCCNC(=O)C1CC1)CN(C[C@@H](O)[C@H](Cc1ccccc1)NC(=O)O[C@H]1CO[C@H]2OCC[C@H]21)S(=O)(=O)c1ccc2c(c1)OCO2. The Kier molecular flexibility index (Phi) is 11.5. The van der Waals surface area contributed by atoms with Crippen LogP contribution >= 0.6 is 0 Å². The molecule has 2 aromatic rings. The molecule has 2 saturated heterocycles. The summed E-state index contributed by atoms with van der Waals surface area (Å²) >= 11 is 0. The van der Waals surface area contributed by atoms with E-state index >= 15 is 0 Å². The number of sulfonamides is 1. The Bertz CT molecular complexity index is 1590. The van der Waals surface area contributed by atoms with Gasteiger partial charge in [0.1, 0.15) is 6.10 Å². The molecule has 1 aliphatic carbocycles. The smallest absolute Gasteiger partial charge is 0.407 e. The van der Waals surface area contributed by atoms with Gasteiger partial charge in [0, 0.05) is 31.6 Å². The number of amides is 2. The fourth-order valence-electron chi connectivity index (χ4n) is 6.78. The Balaban J connectivity index is 1.17. The van der Waals surface area contributed by atoms with E-state index in [0.717, 1.165) is 37.7 Å². The lowest BCUT2D eigenvalue weighted by molar-refractivity contribution is -0.122. The quantitative estimate of drug-likeness (QED) is 0.207. The van der Waals surface area contributed by atoms with E-state index in [-0.39, 0.29) is 55.5 Å². The number of aliphatic hydroxyl groups excluding tert-OH is 1. The molecule has 2 aromatic carbocycles. The standard InChI is InChI=1S/C36H49N3O10S/c1-36(2,15-6-7-16-37-33(41)25-10-11-25)22-39(50(43,44)26-12-13-30-31(19-26)48-23-47-30)20-29(40)28(18-24-8-4-3-5-9-24)38-35(42)49-32-21-46-34-27(32)14-17-45-34/h3-5,8-9,12-13,19,25,27-29,32,34,40H,6-7,10-11,14-18,20-23H2,1-2H3,(H,37,41)(H,38,42)/t27-,28-,29+,32-,34+/m0/s1. The highest BCUT2D eigenvalue weighted by molar-refractivity contribution is 7.89. The second-order valence-corrected chi connectivity index (χ2v) is 16.4. The van der Waals surface area contributed by atoms with Gasteiger partial charge in [0.25, 0.3) is 0 Å². The topological polar surface area (TPSA) is 162 Å². The van der Waals surface area contributed by atoms with Crippen molar-refractivity contribution in [2.75, 3.05) is 39.6 Å². The van der Waals surface area contributed by atoms with Gasteiger partial charge in [-0.3, -0.25) is 4.79 Å². The first-order valence-electron chi connectivity index (χ1n) is 17.6. The maximum atomic E-state index is 14.3. The average molecular weight is 716 g/mol. The number of benzene rings is 2. The molecule has 14 heteroatoms. The zero-order valence-electron chi connectivity index (χ0n) is 28.8. The van der Waals surface area contributed by atoms with E-state index < -0.39 is 46.1 Å². The van der Waals surface area contributed by atoms with Gasteiger partial charge in [0.05, 0.1) is 36.2 Å². The number of hydrogen-bond donors (Lipinski definition) is 3. The van der Waals surface area contributed by atoms with Crippen LogP contribution in [0.3, 0.4) is 0 Å². The summed E-state index contributed by atoms with van der Waals surface area (Å²) in [6.07, 6.45) is 2.19. The van der Waals surface area contributed by atoms with Crippen LogP contribution in [0.4, 0.5) is 4.79 Å². The lowest BCUT2D eigenvalue weighted by Gasteiger charge is -2.35. The molecule has 6 rings (SSSR count). The number of aliphatic hydroxyl groups is 1. The largest absolute Gasteiger partial charge is 0.454 e. The van der Waals surface area contributed by atoms with E-state index in [0.29, 0.717) is 31.1 Å². The summed E-state index contributed by atoms with van der Waals surface area (Å²) in [6.45, 7) is 5.12. The molecule has 274 valence electrons. The number of nitrogens with one attached hydrogen (secondary N) is 2. The van der Waals surface area contributed by atoms with E-state index in [1.165, 1.54) is 16.4 Å². The minimum absolute atomic E-state index is 0.000249. The summed E-state index contributed by atoms with van der Waals surface area (Å²) in [5.74, 6) is 0.989. The zero-order chi connectivity index (χ0) is 35.3. The van der Waals surface area contributed by atoms with Gasteiger partial charge >= 0.3 is 6.09 Å². The fourth-order valence-corrected chi connectivity index (χ4v) is 8.44. The molecule has 2 amide bonds. The van der Waals surface area contributed by atoms with Crippen LogP contribution in [0.2, 0.25) is 0 Å². The molecule has 0 radical (unpaired) electrons. The molecule has 4 aliphatic rings. The number of carbonyl (C=O) groups excluding carboxylic acids is 2. The minimum Gasteiger partial charge on any atom is -0.454 e. The number of ether oxygens (including phenoxy) is 5. The van der Waals surface area contributed by atoms with Crippen molar-refractivity contribution in [2.24, 2.45) is 17.3 Å². The second-order valence-electron chi connectivity index (χ2n) is 14.5. The number of hydrogen-bond acceptors (Lipinski definition) is 10. The minimum atomic E-state index is -4.16. The molecule has 1 saturated carbocycles. The normalized spacial score (nSPS) is 22.6. The number of alkyl carbamates (subject to hydrolysis) is 1. The summed E-state index contributed by atoms with van der Waals surface area (Å²) < 4.78 is 57.8. The van der Waals surface area contributed by atoms with Crippen LogP contribution in [0, 0.1) is 17.3 Å². The Morgan fingerprint density at radius 2 is 1.82 bits per heavy atom. The highest BCUT2D eigenvalue weighted by Gasteiger charge is 2.44. The number of unbranched alkanes of at least 4 members (excludes halogenated alkanes) is 1. The number of nitrogens with zero attached hydrogens (tertiary/aromatic N) is 1. The summed E-state index contributed by atoms with van der Waals surface area (Å²) in [4.78, 5) is 25.3. The third kappa shape index (κ3) is 9.26.